The highest BCUT2D eigenvalue weighted by Gasteiger charge is 2.37. The molecule has 0 bridgehead atoms. The lowest BCUT2D eigenvalue weighted by molar-refractivity contribution is -0.138. The molecule has 1 heterocycles. The maximum absolute atomic E-state index is 13.0. The van der Waals surface area contributed by atoms with Crippen molar-refractivity contribution in [2.24, 2.45) is 5.92 Å². The van der Waals surface area contributed by atoms with E-state index in [0.717, 1.165) is 0 Å². The van der Waals surface area contributed by atoms with Crippen LogP contribution in [0.1, 0.15) is 73.3 Å². The smallest absolute Gasteiger partial charge is 0.269 e. The summed E-state index contributed by atoms with van der Waals surface area (Å²) in [6, 6.07) is 4.99. The molecule has 0 aliphatic carbocycles. The number of nitrogens with one attached hydrogen (secondary N) is 3. The Morgan fingerprint density at radius 2 is 1.39 bits per heavy atom. The van der Waals surface area contributed by atoms with Crippen LogP contribution in [0.4, 0.5) is 5.69 Å². The van der Waals surface area contributed by atoms with E-state index < -0.39 is 35.1 Å². The minimum Gasteiger partial charge on any atom is -0.392 e. The average Bonchev–Trinajstić information content (AvgIpc) is 3.16. The fourth-order valence-electron chi connectivity index (χ4n) is 4.33. The number of halogens is 2. The summed E-state index contributed by atoms with van der Waals surface area (Å²) >= 11 is 6.25. The fraction of sp³-hybridized carbons (Fsp3) is 0.594. The summed E-state index contributed by atoms with van der Waals surface area (Å²) in [6.45, 7) is 13.3. The van der Waals surface area contributed by atoms with Crippen LogP contribution in [-0.4, -0.2) is 82.6 Å². The Morgan fingerprint density at radius 3 is 1.93 bits per heavy atom. The largest absolute Gasteiger partial charge is 0.392 e. The number of aliphatic hydroxyl groups is 1. The number of carbonyl (C=O) groups excluding carboxylic acids is 5. The van der Waals surface area contributed by atoms with E-state index in [2.05, 4.69) is 47.8 Å². The summed E-state index contributed by atoms with van der Waals surface area (Å²) in [5.41, 5.74) is 0.0342. The molecule has 5 amide bonds. The first-order chi connectivity index (χ1) is 21.4. The molecule has 256 valence electrons. The van der Waals surface area contributed by atoms with Gasteiger partial charge in [-0.3, -0.25) is 28.9 Å². The van der Waals surface area contributed by atoms with Gasteiger partial charge in [-0.2, -0.15) is 0 Å². The van der Waals surface area contributed by atoms with Crippen LogP contribution in [0.3, 0.4) is 0 Å². The number of aliphatic hydroxyl groups excluding tert-OH is 1. The van der Waals surface area contributed by atoms with Crippen molar-refractivity contribution >= 4 is 67.1 Å². The molecule has 1 aromatic rings. The Bertz CT molecular complexity index is 1270. The Kier molecular flexibility index (Phi) is 15.0. The molecular weight excluding hydrogens is 728 g/mol. The third-order valence-electron chi connectivity index (χ3n) is 7.44. The van der Waals surface area contributed by atoms with Crippen molar-refractivity contribution in [2.45, 2.75) is 97.6 Å². The second-order valence-corrected chi connectivity index (χ2v) is 14.3. The van der Waals surface area contributed by atoms with E-state index in [1.807, 2.05) is 27.7 Å². The molecule has 1 unspecified atom stereocenters. The van der Waals surface area contributed by atoms with Crippen LogP contribution in [0, 0.1) is 5.92 Å². The van der Waals surface area contributed by atoms with Crippen molar-refractivity contribution in [1.29, 1.82) is 0 Å². The van der Waals surface area contributed by atoms with Crippen LogP contribution in [0.5, 0.6) is 0 Å². The lowest BCUT2D eigenvalue weighted by Gasteiger charge is -2.30. The normalized spacial score (nSPS) is 15.3. The van der Waals surface area contributed by atoms with Crippen LogP contribution in [0.2, 0.25) is 0 Å². The second-order valence-electron chi connectivity index (χ2n) is 12.7. The molecule has 0 radical (unpaired) electrons. The van der Waals surface area contributed by atoms with Gasteiger partial charge in [-0.1, -0.05) is 26.0 Å². The fourth-order valence-corrected chi connectivity index (χ4v) is 5.10. The molecule has 2 atom stereocenters. The van der Waals surface area contributed by atoms with Gasteiger partial charge in [0, 0.05) is 12.2 Å². The van der Waals surface area contributed by atoms with E-state index in [0.29, 0.717) is 30.7 Å². The van der Waals surface area contributed by atoms with Gasteiger partial charge in [0.25, 0.3) is 11.8 Å². The van der Waals surface area contributed by atoms with Gasteiger partial charge in [0.2, 0.25) is 17.7 Å². The quantitative estimate of drug-likeness (QED) is 0.163. The number of hydrogen-bond donors (Lipinski definition) is 4. The molecule has 46 heavy (non-hydrogen) atoms. The highest BCUT2D eigenvalue weighted by atomic mass is 79.9. The van der Waals surface area contributed by atoms with Gasteiger partial charge < -0.3 is 30.5 Å². The molecular formula is C32H46Br2N4O8. The lowest BCUT2D eigenvalue weighted by Crippen LogP contribution is -2.53. The van der Waals surface area contributed by atoms with Crippen LogP contribution in [0.25, 0.3) is 0 Å². The Labute approximate surface area is 287 Å². The van der Waals surface area contributed by atoms with Gasteiger partial charge in [-0.25, -0.2) is 0 Å². The van der Waals surface area contributed by atoms with Gasteiger partial charge in [-0.15, -0.1) is 0 Å². The Morgan fingerprint density at radius 1 is 0.848 bits per heavy atom. The molecule has 0 spiro atoms. The highest BCUT2D eigenvalue weighted by molar-refractivity contribution is 9.14. The summed E-state index contributed by atoms with van der Waals surface area (Å²) < 4.78 is 12.4. The van der Waals surface area contributed by atoms with E-state index in [1.54, 1.807) is 45.0 Å². The molecule has 0 fully saturated rings. The molecule has 1 aliphatic rings. The van der Waals surface area contributed by atoms with E-state index in [4.69, 9.17) is 14.6 Å². The number of nitrogens with zero attached hydrogens (tertiary/aromatic N) is 1. The number of hydrogen-bond acceptors (Lipinski definition) is 8. The molecule has 2 rings (SSSR count). The zero-order valence-electron chi connectivity index (χ0n) is 27.5. The summed E-state index contributed by atoms with van der Waals surface area (Å²) in [5.74, 6) is -2.25. The van der Waals surface area contributed by atoms with Crippen molar-refractivity contribution in [1.82, 2.24) is 15.5 Å². The number of rotatable bonds is 18. The molecule has 1 aliphatic heterocycles. The van der Waals surface area contributed by atoms with Crippen LogP contribution >= 0.6 is 31.9 Å². The van der Waals surface area contributed by atoms with Gasteiger partial charge in [0.15, 0.2) is 0 Å². The first kappa shape index (κ1) is 39.5. The number of carbonyl (C=O) groups is 5. The summed E-state index contributed by atoms with van der Waals surface area (Å²) in [4.78, 5) is 63.9. The molecule has 0 saturated carbocycles. The average molecular weight is 775 g/mol. The topological polar surface area (TPSA) is 163 Å². The SMILES string of the molecule is CC(C)C(NC(=O)CCOC(C)(C)CCOC(C)(C)CCN1C(=O)C(Br)=C(Br)C1=O)C(=O)N[C@@H](C)C(=O)Nc1ccc(CO)cc1. The number of ether oxygens (including phenoxy) is 2. The molecule has 4 N–H and O–H groups in total. The third kappa shape index (κ3) is 12.2. The number of amides is 5. The number of anilines is 1. The minimum absolute atomic E-state index is 0.0310. The van der Waals surface area contributed by atoms with Crippen molar-refractivity contribution in [3.05, 3.63) is 38.8 Å². The van der Waals surface area contributed by atoms with Gasteiger partial charge >= 0.3 is 0 Å². The molecule has 0 saturated heterocycles. The first-order valence-corrected chi connectivity index (χ1v) is 16.8. The first-order valence-electron chi connectivity index (χ1n) is 15.2. The number of imide groups is 1. The van der Waals surface area contributed by atoms with E-state index in [9.17, 15) is 24.0 Å². The van der Waals surface area contributed by atoms with E-state index in [-0.39, 0.29) is 58.8 Å². The summed E-state index contributed by atoms with van der Waals surface area (Å²) in [7, 11) is 0. The second kappa shape index (κ2) is 17.5. The summed E-state index contributed by atoms with van der Waals surface area (Å²) in [5, 5.41) is 17.3. The van der Waals surface area contributed by atoms with E-state index >= 15 is 0 Å². The van der Waals surface area contributed by atoms with Crippen molar-refractivity contribution in [2.75, 3.05) is 25.1 Å². The molecule has 1 aromatic carbocycles. The Hall–Kier alpha value is -2.65. The maximum atomic E-state index is 13.0. The van der Waals surface area contributed by atoms with Gasteiger partial charge in [0.05, 0.1) is 37.4 Å². The zero-order valence-corrected chi connectivity index (χ0v) is 30.7. The predicted octanol–water partition coefficient (Wildman–Crippen LogP) is 3.89. The Balaban J connectivity index is 1.75. The minimum atomic E-state index is -0.856. The van der Waals surface area contributed by atoms with Crippen molar-refractivity contribution in [3.8, 4) is 0 Å². The standard InChI is InChI=1S/C32H46Br2N4O8/c1-19(2)26(28(42)35-20(3)27(41)36-22-10-8-21(18-39)9-11-22)37-23(40)12-16-45-32(6,7)14-17-46-31(4,5)13-15-38-29(43)24(33)25(34)30(38)44/h8-11,19-20,26,39H,12-18H2,1-7H3,(H,35,42)(H,36,41)(H,37,40)/t20-,26?/m0/s1. The summed E-state index contributed by atoms with van der Waals surface area (Å²) in [6.07, 6.45) is 1.00. The predicted molar refractivity (Wildman–Crippen MR) is 181 cm³/mol. The third-order valence-corrected chi connectivity index (χ3v) is 9.44. The van der Waals surface area contributed by atoms with Crippen LogP contribution in [-0.2, 0) is 40.1 Å². The van der Waals surface area contributed by atoms with Crippen molar-refractivity contribution in [3.63, 3.8) is 0 Å². The monoisotopic (exact) mass is 772 g/mol. The molecule has 14 heteroatoms. The highest BCUT2D eigenvalue weighted by Crippen LogP contribution is 2.30. The molecule has 0 aromatic heterocycles. The molecule has 12 nitrogen and oxygen atoms in total. The number of benzene rings is 1. The van der Waals surface area contributed by atoms with Crippen molar-refractivity contribution < 1.29 is 38.6 Å². The van der Waals surface area contributed by atoms with E-state index in [1.165, 1.54) is 4.90 Å². The van der Waals surface area contributed by atoms with Crippen LogP contribution in [0.15, 0.2) is 33.2 Å². The lowest BCUT2D eigenvalue weighted by atomic mass is 10.0. The maximum Gasteiger partial charge on any atom is 0.269 e. The van der Waals surface area contributed by atoms with Gasteiger partial charge in [-0.05, 0) is 103 Å². The van der Waals surface area contributed by atoms with Gasteiger partial charge in [0.1, 0.15) is 21.0 Å². The van der Waals surface area contributed by atoms with Crippen LogP contribution < -0.4 is 16.0 Å². The zero-order chi connectivity index (χ0) is 34.8.